The minimum absolute atomic E-state index is 0.0951. The number of amides is 1. The summed E-state index contributed by atoms with van der Waals surface area (Å²) in [7, 11) is 0. The quantitative estimate of drug-likeness (QED) is 0.536. The molecule has 0 aliphatic heterocycles. The van der Waals surface area contributed by atoms with E-state index >= 15 is 0 Å². The molecule has 0 saturated carbocycles. The number of hydrogen-bond acceptors (Lipinski definition) is 4. The van der Waals surface area contributed by atoms with E-state index in [2.05, 4.69) is 5.32 Å². The first-order chi connectivity index (χ1) is 8.04. The SMILES string of the molecule is CCCC(NC(=O)CC(CN)OCC)C(=O)O. The third-order valence-electron chi connectivity index (χ3n) is 2.29. The number of hydrogen-bond donors (Lipinski definition) is 3. The van der Waals surface area contributed by atoms with E-state index in [4.69, 9.17) is 15.6 Å². The Bertz CT molecular complexity index is 246. The zero-order chi connectivity index (χ0) is 13.3. The maximum Gasteiger partial charge on any atom is 0.326 e. The average Bonchev–Trinajstić information content (AvgIpc) is 2.27. The number of carbonyl (C=O) groups excluding carboxylic acids is 1. The van der Waals surface area contributed by atoms with Crippen molar-refractivity contribution in [3.63, 3.8) is 0 Å². The summed E-state index contributed by atoms with van der Waals surface area (Å²) in [5.74, 6) is -1.35. The maximum atomic E-state index is 11.6. The van der Waals surface area contributed by atoms with Gasteiger partial charge in [0.1, 0.15) is 6.04 Å². The first kappa shape index (κ1) is 15.9. The Balaban J connectivity index is 4.16. The lowest BCUT2D eigenvalue weighted by Crippen LogP contribution is -2.42. The van der Waals surface area contributed by atoms with Crippen molar-refractivity contribution in [3.8, 4) is 0 Å². The van der Waals surface area contributed by atoms with Crippen LogP contribution >= 0.6 is 0 Å². The molecule has 0 fully saturated rings. The summed E-state index contributed by atoms with van der Waals surface area (Å²) >= 11 is 0. The van der Waals surface area contributed by atoms with Gasteiger partial charge in [0, 0.05) is 13.2 Å². The summed E-state index contributed by atoms with van der Waals surface area (Å²) in [5.41, 5.74) is 5.44. The third-order valence-corrected chi connectivity index (χ3v) is 2.29. The van der Waals surface area contributed by atoms with Crippen LogP contribution in [-0.2, 0) is 14.3 Å². The summed E-state index contributed by atoms with van der Waals surface area (Å²) in [6, 6.07) is -0.826. The Labute approximate surface area is 102 Å². The van der Waals surface area contributed by atoms with Gasteiger partial charge in [0.25, 0.3) is 0 Å². The van der Waals surface area contributed by atoms with Crippen molar-refractivity contribution < 1.29 is 19.4 Å². The molecule has 0 saturated heterocycles. The van der Waals surface area contributed by atoms with Crippen molar-refractivity contribution in [2.45, 2.75) is 45.3 Å². The summed E-state index contributed by atoms with van der Waals surface area (Å²) in [4.78, 5) is 22.4. The van der Waals surface area contributed by atoms with Crippen molar-refractivity contribution in [1.29, 1.82) is 0 Å². The van der Waals surface area contributed by atoms with Gasteiger partial charge >= 0.3 is 5.97 Å². The van der Waals surface area contributed by atoms with Gasteiger partial charge in [0.2, 0.25) is 5.91 Å². The van der Waals surface area contributed by atoms with E-state index < -0.39 is 12.0 Å². The second-order valence-electron chi connectivity index (χ2n) is 3.76. The van der Waals surface area contributed by atoms with Gasteiger partial charge in [-0.15, -0.1) is 0 Å². The van der Waals surface area contributed by atoms with Gasteiger partial charge in [0.15, 0.2) is 0 Å². The molecule has 0 aliphatic rings. The van der Waals surface area contributed by atoms with Gasteiger partial charge in [-0.3, -0.25) is 4.79 Å². The van der Waals surface area contributed by atoms with Crippen molar-refractivity contribution in [1.82, 2.24) is 5.32 Å². The molecule has 0 rings (SSSR count). The highest BCUT2D eigenvalue weighted by molar-refractivity contribution is 5.83. The number of aliphatic carboxylic acids is 1. The van der Waals surface area contributed by atoms with E-state index in [9.17, 15) is 9.59 Å². The first-order valence-electron chi connectivity index (χ1n) is 5.88. The molecule has 4 N–H and O–H groups in total. The van der Waals surface area contributed by atoms with Crippen LogP contribution in [0.5, 0.6) is 0 Å². The molecule has 6 heteroatoms. The highest BCUT2D eigenvalue weighted by Crippen LogP contribution is 2.01. The van der Waals surface area contributed by atoms with Gasteiger partial charge in [-0.2, -0.15) is 0 Å². The number of carboxylic acid groups (broad SMARTS) is 1. The highest BCUT2D eigenvalue weighted by atomic mass is 16.5. The molecular formula is C11H22N2O4. The second kappa shape index (κ2) is 8.95. The Hall–Kier alpha value is -1.14. The number of nitrogens with two attached hydrogens (primary N) is 1. The van der Waals surface area contributed by atoms with Crippen LogP contribution in [0.25, 0.3) is 0 Å². The van der Waals surface area contributed by atoms with Crippen LogP contribution in [0.4, 0.5) is 0 Å². The molecule has 6 nitrogen and oxygen atoms in total. The van der Waals surface area contributed by atoms with Gasteiger partial charge in [-0.05, 0) is 13.3 Å². The highest BCUT2D eigenvalue weighted by Gasteiger charge is 2.20. The molecule has 0 aromatic heterocycles. The number of nitrogens with one attached hydrogen (secondary N) is 1. The third kappa shape index (κ3) is 6.91. The van der Waals surface area contributed by atoms with E-state index in [1.165, 1.54) is 0 Å². The van der Waals surface area contributed by atoms with Crippen LogP contribution in [0.2, 0.25) is 0 Å². The van der Waals surface area contributed by atoms with Gasteiger partial charge in [0.05, 0.1) is 12.5 Å². The van der Waals surface area contributed by atoms with Crippen molar-refractivity contribution >= 4 is 11.9 Å². The zero-order valence-electron chi connectivity index (χ0n) is 10.4. The Morgan fingerprint density at radius 2 is 2.06 bits per heavy atom. The largest absolute Gasteiger partial charge is 0.480 e. The molecule has 0 heterocycles. The predicted octanol–water partition coefficient (Wildman–Crippen LogP) is 0.110. The van der Waals surface area contributed by atoms with E-state index in [0.29, 0.717) is 19.4 Å². The van der Waals surface area contributed by atoms with Crippen LogP contribution in [0.15, 0.2) is 0 Å². The lowest BCUT2D eigenvalue weighted by molar-refractivity contribution is -0.142. The number of carboxylic acids is 1. The molecule has 1 amide bonds. The van der Waals surface area contributed by atoms with Crippen LogP contribution in [-0.4, -0.2) is 42.3 Å². The molecule has 0 bridgehead atoms. The molecule has 2 atom stereocenters. The fourth-order valence-corrected chi connectivity index (χ4v) is 1.45. The fraction of sp³-hybridized carbons (Fsp3) is 0.818. The molecule has 0 aromatic carbocycles. The standard InChI is InChI=1S/C11H22N2O4/c1-3-5-9(11(15)16)13-10(14)6-8(7-12)17-4-2/h8-9H,3-7,12H2,1-2H3,(H,13,14)(H,15,16). The Morgan fingerprint density at radius 3 is 2.47 bits per heavy atom. The molecule has 0 aromatic rings. The lowest BCUT2D eigenvalue weighted by atomic mass is 10.1. The second-order valence-corrected chi connectivity index (χ2v) is 3.76. The summed E-state index contributed by atoms with van der Waals surface area (Å²) in [6.07, 6.45) is 0.861. The van der Waals surface area contributed by atoms with Crippen LogP contribution in [0.3, 0.4) is 0 Å². The first-order valence-corrected chi connectivity index (χ1v) is 5.88. The molecule has 0 spiro atoms. The van der Waals surface area contributed by atoms with Crippen molar-refractivity contribution in [3.05, 3.63) is 0 Å². The molecule has 100 valence electrons. The minimum atomic E-state index is -1.01. The Kier molecular flexibility index (Phi) is 8.35. The van der Waals surface area contributed by atoms with Gasteiger partial charge in [-0.1, -0.05) is 13.3 Å². The van der Waals surface area contributed by atoms with Crippen molar-refractivity contribution in [2.24, 2.45) is 5.73 Å². The molecule has 17 heavy (non-hydrogen) atoms. The monoisotopic (exact) mass is 246 g/mol. The summed E-state index contributed by atoms with van der Waals surface area (Å²) in [6.45, 7) is 4.40. The van der Waals surface area contributed by atoms with Crippen LogP contribution in [0.1, 0.15) is 33.1 Å². The van der Waals surface area contributed by atoms with E-state index in [-0.39, 0.29) is 25.0 Å². The zero-order valence-corrected chi connectivity index (χ0v) is 10.4. The van der Waals surface area contributed by atoms with Crippen LogP contribution < -0.4 is 11.1 Å². The smallest absolute Gasteiger partial charge is 0.326 e. The minimum Gasteiger partial charge on any atom is -0.480 e. The van der Waals surface area contributed by atoms with Crippen LogP contribution in [0, 0.1) is 0 Å². The van der Waals surface area contributed by atoms with E-state index in [1.807, 2.05) is 13.8 Å². The molecule has 0 aliphatic carbocycles. The van der Waals surface area contributed by atoms with Gasteiger partial charge < -0.3 is 20.9 Å². The number of rotatable bonds is 9. The lowest BCUT2D eigenvalue weighted by Gasteiger charge is -2.17. The normalized spacial score (nSPS) is 14.1. The molecular weight excluding hydrogens is 224 g/mol. The topological polar surface area (TPSA) is 102 Å². The predicted molar refractivity (Wildman–Crippen MR) is 63.6 cm³/mol. The van der Waals surface area contributed by atoms with E-state index in [1.54, 1.807) is 0 Å². The maximum absolute atomic E-state index is 11.6. The molecule has 0 radical (unpaired) electrons. The fourth-order valence-electron chi connectivity index (χ4n) is 1.45. The number of ether oxygens (including phenoxy) is 1. The summed E-state index contributed by atoms with van der Waals surface area (Å²) < 4.78 is 5.23. The summed E-state index contributed by atoms with van der Waals surface area (Å²) in [5, 5.41) is 11.3. The molecule has 2 unspecified atom stereocenters. The average molecular weight is 246 g/mol. The Morgan fingerprint density at radius 1 is 1.41 bits per heavy atom. The van der Waals surface area contributed by atoms with Crippen molar-refractivity contribution in [2.75, 3.05) is 13.2 Å². The van der Waals surface area contributed by atoms with Gasteiger partial charge in [-0.25, -0.2) is 4.79 Å². The van der Waals surface area contributed by atoms with E-state index in [0.717, 1.165) is 0 Å². The number of carbonyl (C=O) groups is 2.